The summed E-state index contributed by atoms with van der Waals surface area (Å²) in [6.07, 6.45) is 3.82. The van der Waals surface area contributed by atoms with Crippen molar-refractivity contribution >= 4 is 21.1 Å². The van der Waals surface area contributed by atoms with E-state index in [2.05, 4.69) is 32.1 Å². The van der Waals surface area contributed by atoms with Gasteiger partial charge in [-0.15, -0.1) is 0 Å². The summed E-state index contributed by atoms with van der Waals surface area (Å²) in [5.41, 5.74) is 2.20. The van der Waals surface area contributed by atoms with Crippen LogP contribution in [0.3, 0.4) is 0 Å². The third-order valence-corrected chi connectivity index (χ3v) is 9.11. The zero-order valence-corrected chi connectivity index (χ0v) is 24.5. The third-order valence-electron chi connectivity index (χ3n) is 7.21. The lowest BCUT2D eigenvalue weighted by Gasteiger charge is -2.33. The number of nitrogens with zero attached hydrogens (tertiary/aromatic N) is 7. The second-order valence-electron chi connectivity index (χ2n) is 10.0. The Bertz CT molecular complexity index is 1660. The highest BCUT2D eigenvalue weighted by atomic mass is 32.2. The lowest BCUT2D eigenvalue weighted by molar-refractivity contribution is 0.196. The predicted octanol–water partition coefficient (Wildman–Crippen LogP) is 2.69. The molecule has 218 valence electrons. The fourth-order valence-electron chi connectivity index (χ4n) is 5.01. The molecule has 12 nitrogen and oxygen atoms in total. The zero-order chi connectivity index (χ0) is 29.0. The second kappa shape index (κ2) is 12.5. The summed E-state index contributed by atoms with van der Waals surface area (Å²) in [7, 11) is -3.76. The summed E-state index contributed by atoms with van der Waals surface area (Å²) in [6.45, 7) is 9.99. The molecule has 41 heavy (non-hydrogen) atoms. The maximum Gasteiger partial charge on any atom is 0.279 e. The van der Waals surface area contributed by atoms with Crippen LogP contribution in [0.25, 0.3) is 22.4 Å². The van der Waals surface area contributed by atoms with Crippen molar-refractivity contribution in [3.63, 3.8) is 0 Å². The fraction of sp³-hybridized carbons (Fsp3) is 0.464. The molecule has 4 aromatic rings. The average molecular weight is 581 g/mol. The molecule has 0 bridgehead atoms. The number of hydrogen-bond donors (Lipinski definition) is 1. The van der Waals surface area contributed by atoms with Crippen molar-refractivity contribution < 1.29 is 13.2 Å². The van der Waals surface area contributed by atoms with E-state index < -0.39 is 15.6 Å². The van der Waals surface area contributed by atoms with Crippen LogP contribution in [-0.4, -0.2) is 86.9 Å². The number of aromatic amines is 1. The number of ether oxygens (including phenoxy) is 1. The molecule has 1 aliphatic rings. The van der Waals surface area contributed by atoms with Crippen LogP contribution < -0.4 is 10.3 Å². The van der Waals surface area contributed by atoms with E-state index in [1.54, 1.807) is 35.1 Å². The van der Waals surface area contributed by atoms with Gasteiger partial charge in [-0.05, 0) is 49.7 Å². The Kier molecular flexibility index (Phi) is 8.76. The van der Waals surface area contributed by atoms with E-state index in [1.165, 1.54) is 4.31 Å². The van der Waals surface area contributed by atoms with Gasteiger partial charge in [0.1, 0.15) is 17.1 Å². The van der Waals surface area contributed by atoms with Gasteiger partial charge in [0.05, 0.1) is 35.0 Å². The lowest BCUT2D eigenvalue weighted by atomic mass is 10.1. The second-order valence-corrected chi connectivity index (χ2v) is 12.0. The van der Waals surface area contributed by atoms with Gasteiger partial charge >= 0.3 is 0 Å². The van der Waals surface area contributed by atoms with Crippen LogP contribution in [0.2, 0.25) is 0 Å². The first-order valence-corrected chi connectivity index (χ1v) is 15.6. The highest BCUT2D eigenvalue weighted by molar-refractivity contribution is 7.89. The van der Waals surface area contributed by atoms with Gasteiger partial charge in [-0.1, -0.05) is 27.2 Å². The minimum absolute atomic E-state index is 0.135. The van der Waals surface area contributed by atoms with Crippen LogP contribution in [0.15, 0.2) is 46.2 Å². The highest BCUT2D eigenvalue weighted by Crippen LogP contribution is 2.32. The lowest BCUT2D eigenvalue weighted by Crippen LogP contribution is -2.48. The number of rotatable bonds is 11. The molecule has 0 saturated carbocycles. The number of aromatic nitrogens is 6. The fourth-order valence-corrected chi connectivity index (χ4v) is 6.45. The van der Waals surface area contributed by atoms with E-state index >= 15 is 0 Å². The summed E-state index contributed by atoms with van der Waals surface area (Å²) in [5.74, 6) is 0.686. The van der Waals surface area contributed by atoms with Crippen molar-refractivity contribution in [1.29, 1.82) is 0 Å². The van der Waals surface area contributed by atoms with Gasteiger partial charge in [-0.3, -0.25) is 9.48 Å². The largest absolute Gasteiger partial charge is 0.493 e. The van der Waals surface area contributed by atoms with Gasteiger partial charge < -0.3 is 14.6 Å². The molecule has 1 N–H and O–H groups in total. The number of likely N-dealkylation sites (N-methyl/N-ethyl adjacent to an activating group) is 1. The molecule has 0 aliphatic carbocycles. The highest BCUT2D eigenvalue weighted by Gasteiger charge is 2.29. The van der Waals surface area contributed by atoms with E-state index in [4.69, 9.17) is 9.72 Å². The van der Waals surface area contributed by atoms with Crippen molar-refractivity contribution in [3.05, 3.63) is 58.3 Å². The Labute approximate surface area is 239 Å². The number of aryl methyl sites for hydroxylation is 1. The Balaban J connectivity index is 1.60. The molecule has 13 heteroatoms. The number of hydrogen-bond acceptors (Lipinski definition) is 9. The SMILES string of the molecule is CCCOc1ccc(S(=O)(=O)N2CCN(CC)CC2)cc1-c1nc2c(CCC)n(Cc3cccnn3)nc2c(=O)[nH]1. The molecular weight excluding hydrogens is 544 g/mol. The van der Waals surface area contributed by atoms with Crippen LogP contribution in [0.5, 0.6) is 5.75 Å². The number of H-pyrrole nitrogens is 1. The van der Waals surface area contributed by atoms with Crippen molar-refractivity contribution in [2.75, 3.05) is 39.3 Å². The first kappa shape index (κ1) is 28.8. The summed E-state index contributed by atoms with van der Waals surface area (Å²) in [6, 6.07) is 8.42. The van der Waals surface area contributed by atoms with E-state index in [0.717, 1.165) is 25.1 Å². The third kappa shape index (κ3) is 6.02. The molecule has 1 aliphatic heterocycles. The first-order valence-electron chi connectivity index (χ1n) is 14.1. The van der Waals surface area contributed by atoms with Gasteiger partial charge in [-0.25, -0.2) is 13.4 Å². The van der Waals surface area contributed by atoms with Gasteiger partial charge in [-0.2, -0.15) is 19.6 Å². The quantitative estimate of drug-likeness (QED) is 0.284. The molecule has 0 radical (unpaired) electrons. The van der Waals surface area contributed by atoms with Crippen LogP contribution >= 0.6 is 0 Å². The van der Waals surface area contributed by atoms with Crippen molar-refractivity contribution in [2.24, 2.45) is 0 Å². The van der Waals surface area contributed by atoms with Gasteiger partial charge in [0.2, 0.25) is 10.0 Å². The predicted molar refractivity (Wildman–Crippen MR) is 155 cm³/mol. The van der Waals surface area contributed by atoms with Crippen LogP contribution in [-0.2, 0) is 23.0 Å². The summed E-state index contributed by atoms with van der Waals surface area (Å²) in [5, 5.41) is 12.7. The molecule has 3 aromatic heterocycles. The van der Waals surface area contributed by atoms with Crippen LogP contribution in [0.1, 0.15) is 45.0 Å². The Morgan fingerprint density at radius 1 is 1.02 bits per heavy atom. The summed E-state index contributed by atoms with van der Waals surface area (Å²) >= 11 is 0. The molecule has 0 atom stereocenters. The minimum atomic E-state index is -3.76. The van der Waals surface area contributed by atoms with Gasteiger partial charge in [0.15, 0.2) is 5.52 Å². The van der Waals surface area contributed by atoms with Crippen molar-refractivity contribution in [2.45, 2.75) is 51.5 Å². The van der Waals surface area contributed by atoms with E-state index in [0.29, 0.717) is 68.3 Å². The van der Waals surface area contributed by atoms with Crippen molar-refractivity contribution in [1.82, 2.24) is 39.2 Å². The molecule has 1 fully saturated rings. The Morgan fingerprint density at radius 2 is 1.83 bits per heavy atom. The minimum Gasteiger partial charge on any atom is -0.493 e. The molecule has 0 unspecified atom stereocenters. The number of fused-ring (bicyclic) bond motifs is 1. The number of piperazine rings is 1. The monoisotopic (exact) mass is 580 g/mol. The van der Waals surface area contributed by atoms with Gasteiger partial charge in [0, 0.05) is 32.4 Å². The van der Waals surface area contributed by atoms with Crippen molar-refractivity contribution in [3.8, 4) is 17.1 Å². The first-order chi connectivity index (χ1) is 19.8. The van der Waals surface area contributed by atoms with Crippen LogP contribution in [0.4, 0.5) is 0 Å². The molecular formula is C28H36N8O4S. The van der Waals surface area contributed by atoms with E-state index in [1.807, 2.05) is 19.9 Å². The molecule has 5 rings (SSSR count). The topological polar surface area (TPSA) is 139 Å². The standard InChI is InChI=1S/C28H36N8O4S/c1-4-8-23-25-26(33-36(23)19-20-9-7-12-29-32-20)28(37)31-27(30-25)22-18-21(10-11-24(22)40-17-5-2)41(38,39)35-15-13-34(6-3)14-16-35/h7,9-12,18H,4-6,8,13-17,19H2,1-3H3,(H,30,31,37). The summed E-state index contributed by atoms with van der Waals surface area (Å²) < 4.78 is 36.5. The molecule has 0 amide bonds. The maximum atomic E-state index is 13.6. The molecule has 4 heterocycles. The molecule has 1 saturated heterocycles. The summed E-state index contributed by atoms with van der Waals surface area (Å²) in [4.78, 5) is 23.4. The molecule has 0 spiro atoms. The smallest absolute Gasteiger partial charge is 0.279 e. The van der Waals surface area contributed by atoms with Crippen LogP contribution in [0, 0.1) is 0 Å². The maximum absolute atomic E-state index is 13.6. The normalized spacial score (nSPS) is 15.0. The number of sulfonamides is 1. The average Bonchev–Trinajstić information content (AvgIpc) is 3.33. The number of benzene rings is 1. The van der Waals surface area contributed by atoms with Gasteiger partial charge in [0.25, 0.3) is 5.56 Å². The van der Waals surface area contributed by atoms with E-state index in [-0.39, 0.29) is 16.2 Å². The number of nitrogens with one attached hydrogen (secondary N) is 1. The zero-order valence-electron chi connectivity index (χ0n) is 23.7. The Hall–Kier alpha value is -3.68. The Morgan fingerprint density at radius 3 is 2.51 bits per heavy atom. The molecule has 1 aromatic carbocycles. The van der Waals surface area contributed by atoms with E-state index in [9.17, 15) is 13.2 Å².